The number of carbonyl (C=O) groups excluding carboxylic acids is 2. The molecule has 0 bridgehead atoms. The van der Waals surface area contributed by atoms with Crippen molar-refractivity contribution >= 4 is 23.3 Å². The lowest BCUT2D eigenvalue weighted by Gasteiger charge is -2.44. The molecule has 2 N–H and O–H groups in total. The van der Waals surface area contributed by atoms with Gasteiger partial charge < -0.3 is 15.5 Å². The summed E-state index contributed by atoms with van der Waals surface area (Å²) in [6.45, 7) is 3.22. The van der Waals surface area contributed by atoms with Gasteiger partial charge in [0, 0.05) is 30.9 Å². The average molecular weight is 383 g/mol. The second kappa shape index (κ2) is 7.05. The maximum absolute atomic E-state index is 13.2. The van der Waals surface area contributed by atoms with Crippen molar-refractivity contribution < 1.29 is 22.8 Å². The summed E-state index contributed by atoms with van der Waals surface area (Å²) >= 11 is 0. The molecule has 1 fully saturated rings. The molecule has 1 aromatic carbocycles. The molecule has 1 atom stereocenters. The van der Waals surface area contributed by atoms with E-state index in [1.165, 1.54) is 4.90 Å². The summed E-state index contributed by atoms with van der Waals surface area (Å²) in [4.78, 5) is 25.6. The van der Waals surface area contributed by atoms with Gasteiger partial charge in [-0.15, -0.1) is 0 Å². The number of anilines is 2. The molecule has 0 spiro atoms. The van der Waals surface area contributed by atoms with Crippen LogP contribution in [0.5, 0.6) is 0 Å². The Labute approximate surface area is 156 Å². The number of aryl methyl sites for hydroxylation is 1. The van der Waals surface area contributed by atoms with E-state index < -0.39 is 23.5 Å². The number of amides is 3. The van der Waals surface area contributed by atoms with Gasteiger partial charge in [0.05, 0.1) is 5.92 Å². The minimum atomic E-state index is -4.26. The fraction of sp³-hybridized carbons (Fsp3) is 0.579. The third kappa shape index (κ3) is 4.36. The van der Waals surface area contributed by atoms with Crippen LogP contribution in [0.2, 0.25) is 0 Å². The molecule has 2 aliphatic heterocycles. The van der Waals surface area contributed by atoms with Gasteiger partial charge in [0.1, 0.15) is 0 Å². The van der Waals surface area contributed by atoms with E-state index in [0.717, 1.165) is 24.1 Å². The van der Waals surface area contributed by atoms with Crippen molar-refractivity contribution in [2.75, 3.05) is 23.7 Å². The molecule has 3 rings (SSSR count). The molecule has 1 saturated heterocycles. The van der Waals surface area contributed by atoms with Crippen molar-refractivity contribution in [1.29, 1.82) is 0 Å². The molecule has 2 aliphatic rings. The average Bonchev–Trinajstić information content (AvgIpc) is 2.72. The SMILES string of the molecule is CC1(C)CN(C(=O)Nc2ccc3c(c2)CCCC(=O)N3)CC[C@H]1C(F)(F)F. The zero-order valence-electron chi connectivity index (χ0n) is 15.4. The third-order valence-corrected chi connectivity index (χ3v) is 5.39. The summed E-state index contributed by atoms with van der Waals surface area (Å²) in [5, 5.41) is 5.61. The van der Waals surface area contributed by atoms with Crippen LogP contribution < -0.4 is 10.6 Å². The summed E-state index contributed by atoms with van der Waals surface area (Å²) in [7, 11) is 0. The Morgan fingerprint density at radius 1 is 1.30 bits per heavy atom. The van der Waals surface area contributed by atoms with Crippen molar-refractivity contribution in [3.63, 3.8) is 0 Å². The highest BCUT2D eigenvalue weighted by molar-refractivity contribution is 5.94. The Kier molecular flexibility index (Phi) is 5.10. The number of halogens is 3. The van der Waals surface area contributed by atoms with E-state index in [4.69, 9.17) is 0 Å². The number of likely N-dealkylation sites (tertiary alicyclic amines) is 1. The summed E-state index contributed by atoms with van der Waals surface area (Å²) in [6.07, 6.45) is -2.44. The number of rotatable bonds is 1. The molecule has 148 valence electrons. The Balaban J connectivity index is 1.68. The van der Waals surface area contributed by atoms with Crippen molar-refractivity contribution in [3.05, 3.63) is 23.8 Å². The van der Waals surface area contributed by atoms with Crippen LogP contribution in [0.3, 0.4) is 0 Å². The molecule has 0 radical (unpaired) electrons. The number of carbonyl (C=O) groups is 2. The molecule has 0 aromatic heterocycles. The summed E-state index contributed by atoms with van der Waals surface area (Å²) < 4.78 is 39.6. The molecule has 27 heavy (non-hydrogen) atoms. The standard InChI is InChI=1S/C19H24F3N3O2/c1-18(2)11-25(9-8-15(18)19(20,21)22)17(27)23-13-6-7-14-12(10-13)4-3-5-16(26)24-14/h6-7,10,15H,3-5,8-9,11H2,1-2H3,(H,23,27)(H,24,26)/t15-/m1/s1. The van der Waals surface area contributed by atoms with E-state index in [-0.39, 0.29) is 25.4 Å². The highest BCUT2D eigenvalue weighted by Crippen LogP contribution is 2.45. The number of hydrogen-bond acceptors (Lipinski definition) is 2. The van der Waals surface area contributed by atoms with Gasteiger partial charge in [-0.25, -0.2) is 4.79 Å². The van der Waals surface area contributed by atoms with Gasteiger partial charge in [-0.05, 0) is 48.4 Å². The van der Waals surface area contributed by atoms with Gasteiger partial charge in [0.25, 0.3) is 0 Å². The number of nitrogens with zero attached hydrogens (tertiary/aromatic N) is 1. The number of piperidine rings is 1. The van der Waals surface area contributed by atoms with Crippen LogP contribution in [0.1, 0.15) is 38.7 Å². The predicted molar refractivity (Wildman–Crippen MR) is 96.5 cm³/mol. The van der Waals surface area contributed by atoms with Crippen LogP contribution in [0.25, 0.3) is 0 Å². The summed E-state index contributed by atoms with van der Waals surface area (Å²) in [5.74, 6) is -1.44. The van der Waals surface area contributed by atoms with Crippen LogP contribution in [0, 0.1) is 11.3 Å². The maximum atomic E-state index is 13.2. The molecule has 2 heterocycles. The first-order valence-corrected chi connectivity index (χ1v) is 9.12. The van der Waals surface area contributed by atoms with Crippen LogP contribution in [-0.2, 0) is 11.2 Å². The van der Waals surface area contributed by atoms with Crippen molar-refractivity contribution in [2.24, 2.45) is 11.3 Å². The van der Waals surface area contributed by atoms with E-state index in [0.29, 0.717) is 12.1 Å². The quantitative estimate of drug-likeness (QED) is 0.755. The predicted octanol–water partition coefficient (Wildman–Crippen LogP) is 4.40. The number of benzene rings is 1. The first-order valence-electron chi connectivity index (χ1n) is 9.12. The Hall–Kier alpha value is -2.25. The van der Waals surface area contributed by atoms with Gasteiger partial charge in [-0.3, -0.25) is 4.79 Å². The van der Waals surface area contributed by atoms with Gasteiger partial charge in [-0.1, -0.05) is 13.8 Å². The number of fused-ring (bicyclic) bond motifs is 1. The van der Waals surface area contributed by atoms with E-state index in [9.17, 15) is 22.8 Å². The Morgan fingerprint density at radius 3 is 2.70 bits per heavy atom. The minimum Gasteiger partial charge on any atom is -0.326 e. The first kappa shape index (κ1) is 19.5. The van der Waals surface area contributed by atoms with Gasteiger partial charge >= 0.3 is 12.2 Å². The van der Waals surface area contributed by atoms with E-state index in [2.05, 4.69) is 10.6 Å². The molecular formula is C19H24F3N3O2. The van der Waals surface area contributed by atoms with Crippen LogP contribution in [-0.4, -0.2) is 36.1 Å². The normalized spacial score (nSPS) is 22.5. The number of urea groups is 1. The highest BCUT2D eigenvalue weighted by Gasteiger charge is 2.51. The fourth-order valence-corrected chi connectivity index (χ4v) is 3.99. The Bertz CT molecular complexity index is 746. The van der Waals surface area contributed by atoms with Crippen LogP contribution >= 0.6 is 0 Å². The lowest BCUT2D eigenvalue weighted by molar-refractivity contribution is -0.214. The second-order valence-electron chi connectivity index (χ2n) is 8.00. The van der Waals surface area contributed by atoms with Crippen LogP contribution in [0.15, 0.2) is 18.2 Å². The molecule has 1 aromatic rings. The fourth-order valence-electron chi connectivity index (χ4n) is 3.99. The van der Waals surface area contributed by atoms with Crippen molar-refractivity contribution in [1.82, 2.24) is 4.90 Å². The Morgan fingerprint density at radius 2 is 2.04 bits per heavy atom. The molecular weight excluding hydrogens is 359 g/mol. The first-order chi connectivity index (χ1) is 12.6. The lowest BCUT2D eigenvalue weighted by Crippen LogP contribution is -2.53. The topological polar surface area (TPSA) is 61.4 Å². The van der Waals surface area contributed by atoms with E-state index in [1.54, 1.807) is 26.0 Å². The van der Waals surface area contributed by atoms with Crippen molar-refractivity contribution in [2.45, 2.75) is 45.7 Å². The number of alkyl halides is 3. The lowest BCUT2D eigenvalue weighted by atomic mass is 9.73. The summed E-state index contributed by atoms with van der Waals surface area (Å²) in [5.41, 5.74) is 1.22. The van der Waals surface area contributed by atoms with Gasteiger partial charge in [0.15, 0.2) is 0 Å². The van der Waals surface area contributed by atoms with Crippen LogP contribution in [0.4, 0.5) is 29.3 Å². The number of hydrogen-bond donors (Lipinski definition) is 2. The van der Waals surface area contributed by atoms with Crippen molar-refractivity contribution in [3.8, 4) is 0 Å². The molecule has 3 amide bonds. The van der Waals surface area contributed by atoms with E-state index >= 15 is 0 Å². The zero-order valence-corrected chi connectivity index (χ0v) is 15.4. The zero-order chi connectivity index (χ0) is 19.8. The number of nitrogens with one attached hydrogen (secondary N) is 2. The maximum Gasteiger partial charge on any atom is 0.392 e. The summed E-state index contributed by atoms with van der Waals surface area (Å²) in [6, 6.07) is 4.84. The molecule has 5 nitrogen and oxygen atoms in total. The van der Waals surface area contributed by atoms with E-state index in [1.807, 2.05) is 6.07 Å². The van der Waals surface area contributed by atoms with Gasteiger partial charge in [-0.2, -0.15) is 13.2 Å². The third-order valence-electron chi connectivity index (χ3n) is 5.39. The largest absolute Gasteiger partial charge is 0.392 e. The minimum absolute atomic E-state index is 0.0275. The molecule has 0 unspecified atom stereocenters. The molecule has 0 aliphatic carbocycles. The van der Waals surface area contributed by atoms with Gasteiger partial charge in [0.2, 0.25) is 5.91 Å². The highest BCUT2D eigenvalue weighted by atomic mass is 19.4. The smallest absolute Gasteiger partial charge is 0.326 e. The molecule has 8 heteroatoms. The monoisotopic (exact) mass is 383 g/mol. The second-order valence-corrected chi connectivity index (χ2v) is 8.00. The molecule has 0 saturated carbocycles.